The van der Waals surface area contributed by atoms with E-state index in [1.54, 1.807) is 4.90 Å². The summed E-state index contributed by atoms with van der Waals surface area (Å²) >= 11 is 0. The fourth-order valence-electron chi connectivity index (χ4n) is 5.29. The third-order valence-electron chi connectivity index (χ3n) is 6.55. The summed E-state index contributed by atoms with van der Waals surface area (Å²) < 4.78 is 11.2. The average molecular weight is 436 g/mol. The first-order valence-electron chi connectivity index (χ1n) is 10.7. The second-order valence-electron chi connectivity index (χ2n) is 8.88. The first-order valence-corrected chi connectivity index (χ1v) is 13.7. The summed E-state index contributed by atoms with van der Waals surface area (Å²) in [7, 11) is -1.29. The molecule has 0 radical (unpaired) electrons. The van der Waals surface area contributed by atoms with Crippen molar-refractivity contribution in [3.8, 4) is 0 Å². The quantitative estimate of drug-likeness (QED) is 0.370. The maximum absolute atomic E-state index is 13.8. The zero-order valence-corrected chi connectivity index (χ0v) is 19.3. The summed E-state index contributed by atoms with van der Waals surface area (Å²) in [6.07, 6.45) is 1.65. The van der Waals surface area contributed by atoms with E-state index in [2.05, 4.69) is 4.74 Å². The lowest BCUT2D eigenvalue weighted by Crippen LogP contribution is -2.46. The predicted molar refractivity (Wildman–Crippen MR) is 116 cm³/mol. The Bertz CT molecular complexity index is 794. The van der Waals surface area contributed by atoms with Gasteiger partial charge in [0.1, 0.15) is 0 Å². The number of carbonyl (C=O) groups excluding carboxylic acids is 2. The van der Waals surface area contributed by atoms with Gasteiger partial charge in [-0.2, -0.15) is 0 Å². The summed E-state index contributed by atoms with van der Waals surface area (Å²) in [5, 5.41) is 9.57. The number of carbonyl (C=O) groups is 2. The van der Waals surface area contributed by atoms with Gasteiger partial charge in [-0.05, 0) is 38.4 Å². The molecule has 2 aliphatic heterocycles. The molecule has 2 aliphatic rings. The van der Waals surface area contributed by atoms with E-state index in [1.165, 1.54) is 7.11 Å². The minimum atomic E-state index is -2.66. The van der Waals surface area contributed by atoms with Gasteiger partial charge in [-0.3, -0.25) is 9.59 Å². The highest BCUT2D eigenvalue weighted by Gasteiger charge is 2.65. The van der Waals surface area contributed by atoms with Crippen LogP contribution in [0.15, 0.2) is 24.3 Å². The molecule has 0 aliphatic carbocycles. The lowest BCUT2D eigenvalue weighted by Gasteiger charge is -2.32. The Morgan fingerprint density at radius 1 is 1.30 bits per heavy atom. The summed E-state index contributed by atoms with van der Waals surface area (Å²) in [5.41, 5.74) is 0.351. The molecule has 0 unspecified atom stereocenters. The van der Waals surface area contributed by atoms with E-state index in [1.807, 2.05) is 44.3 Å². The van der Waals surface area contributed by atoms with Crippen LogP contribution in [-0.2, 0) is 24.7 Å². The Kier molecular flexibility index (Phi) is 6.71. The molecule has 1 saturated heterocycles. The van der Waals surface area contributed by atoms with Crippen LogP contribution >= 0.6 is 0 Å². The fourth-order valence-corrected chi connectivity index (χ4v) is 7.89. The largest absolute Gasteiger partial charge is 0.469 e. The second-order valence-corrected chi connectivity index (χ2v) is 12.9. The monoisotopic (exact) mass is 435 g/mol. The van der Waals surface area contributed by atoms with Crippen LogP contribution in [0.3, 0.4) is 0 Å². The SMILES string of the molecule is COC(=O)CCCCN1C(=O)[C@]2(O[C@H](CCO)[C@@H]([Si](C)(C)O)[C@@H]2C)c2ccccc21. The Labute approximate surface area is 179 Å². The van der Waals surface area contributed by atoms with E-state index < -0.39 is 13.9 Å². The van der Waals surface area contributed by atoms with Gasteiger partial charge in [0.2, 0.25) is 0 Å². The molecule has 1 amide bonds. The van der Waals surface area contributed by atoms with Crippen LogP contribution in [-0.4, -0.2) is 56.5 Å². The number of esters is 1. The van der Waals surface area contributed by atoms with Gasteiger partial charge in [0.05, 0.1) is 18.9 Å². The van der Waals surface area contributed by atoms with Crippen molar-refractivity contribution in [2.45, 2.75) is 62.9 Å². The van der Waals surface area contributed by atoms with E-state index in [4.69, 9.17) is 4.74 Å². The lowest BCUT2D eigenvalue weighted by atomic mass is 9.82. The summed E-state index contributed by atoms with van der Waals surface area (Å²) in [5.74, 6) is -0.579. The number of amides is 1. The van der Waals surface area contributed by atoms with Crippen LogP contribution in [0.4, 0.5) is 5.69 Å². The van der Waals surface area contributed by atoms with Crippen molar-refractivity contribution < 1.29 is 29.0 Å². The molecule has 0 aromatic heterocycles. The molecule has 2 heterocycles. The molecule has 3 rings (SSSR count). The van der Waals surface area contributed by atoms with E-state index in [-0.39, 0.29) is 36.0 Å². The average Bonchev–Trinajstić information content (AvgIpc) is 3.12. The number of ether oxygens (including phenoxy) is 2. The van der Waals surface area contributed by atoms with Gasteiger partial charge in [-0.1, -0.05) is 25.1 Å². The number of hydrogen-bond acceptors (Lipinski definition) is 6. The number of nitrogens with zero attached hydrogens (tertiary/aromatic N) is 1. The van der Waals surface area contributed by atoms with Crippen molar-refractivity contribution in [3.63, 3.8) is 0 Å². The summed E-state index contributed by atoms with van der Waals surface area (Å²) in [4.78, 5) is 37.9. The first kappa shape index (κ1) is 22.9. The van der Waals surface area contributed by atoms with Crippen molar-refractivity contribution in [2.24, 2.45) is 5.92 Å². The number of unbranched alkanes of at least 4 members (excludes halogenated alkanes) is 1. The van der Waals surface area contributed by atoms with Crippen LogP contribution in [0.25, 0.3) is 0 Å². The number of methoxy groups -OCH3 is 1. The number of hydrogen-bond donors (Lipinski definition) is 2. The van der Waals surface area contributed by atoms with Crippen LogP contribution in [0.1, 0.15) is 38.2 Å². The maximum atomic E-state index is 13.8. The van der Waals surface area contributed by atoms with Gasteiger partial charge in [0.25, 0.3) is 5.91 Å². The molecule has 7 nitrogen and oxygen atoms in total. The molecule has 0 bridgehead atoms. The highest BCUT2D eigenvalue weighted by Crippen LogP contribution is 2.59. The van der Waals surface area contributed by atoms with E-state index in [9.17, 15) is 19.5 Å². The predicted octanol–water partition coefficient (Wildman–Crippen LogP) is 2.56. The number of aliphatic hydroxyl groups is 1. The van der Waals surface area contributed by atoms with Gasteiger partial charge in [0, 0.05) is 36.6 Å². The molecule has 1 aromatic carbocycles. The molecule has 30 heavy (non-hydrogen) atoms. The van der Waals surface area contributed by atoms with Crippen molar-refractivity contribution in [1.29, 1.82) is 0 Å². The third-order valence-corrected chi connectivity index (χ3v) is 9.05. The highest BCUT2D eigenvalue weighted by molar-refractivity contribution is 6.71. The number of aliphatic hydroxyl groups excluding tert-OH is 1. The van der Waals surface area contributed by atoms with Gasteiger partial charge in [-0.15, -0.1) is 0 Å². The van der Waals surface area contributed by atoms with E-state index >= 15 is 0 Å². The normalized spacial score (nSPS) is 28.3. The lowest BCUT2D eigenvalue weighted by molar-refractivity contribution is -0.146. The minimum absolute atomic E-state index is 0.0540. The molecule has 0 saturated carbocycles. The Morgan fingerprint density at radius 3 is 2.63 bits per heavy atom. The van der Waals surface area contributed by atoms with E-state index in [0.29, 0.717) is 32.2 Å². The molecular formula is C22H33NO6Si. The van der Waals surface area contributed by atoms with Crippen LogP contribution in [0.2, 0.25) is 18.6 Å². The Morgan fingerprint density at radius 2 is 2.00 bits per heavy atom. The molecule has 1 aromatic rings. The number of anilines is 1. The van der Waals surface area contributed by atoms with E-state index in [0.717, 1.165) is 11.3 Å². The van der Waals surface area contributed by atoms with Gasteiger partial charge >= 0.3 is 5.97 Å². The van der Waals surface area contributed by atoms with Crippen molar-refractivity contribution in [3.05, 3.63) is 29.8 Å². The number of benzene rings is 1. The highest BCUT2D eigenvalue weighted by atomic mass is 28.4. The van der Waals surface area contributed by atoms with Gasteiger partial charge < -0.3 is 24.3 Å². The van der Waals surface area contributed by atoms with Crippen molar-refractivity contribution in [1.82, 2.24) is 0 Å². The smallest absolute Gasteiger partial charge is 0.305 e. The summed E-state index contributed by atoms with van der Waals surface area (Å²) in [6.45, 7) is 6.16. The number of fused-ring (bicyclic) bond motifs is 2. The van der Waals surface area contributed by atoms with Crippen LogP contribution in [0, 0.1) is 5.92 Å². The zero-order valence-electron chi connectivity index (χ0n) is 18.3. The molecule has 1 fully saturated rings. The van der Waals surface area contributed by atoms with Crippen LogP contribution in [0.5, 0.6) is 0 Å². The van der Waals surface area contributed by atoms with Gasteiger partial charge in [0.15, 0.2) is 13.9 Å². The van der Waals surface area contributed by atoms with Gasteiger partial charge in [-0.25, -0.2) is 0 Å². The minimum Gasteiger partial charge on any atom is -0.469 e. The standard InChI is InChI=1S/C22H33NO6Si/c1-15-20(30(3,4)27)18(12-14-24)29-22(15)16-9-5-6-10-17(16)23(21(22)26)13-8-7-11-19(25)28-2/h5-6,9-10,15,18,20,24,27H,7-8,11-14H2,1-4H3/t15-,18+,20-,22+/m0/s1. The third kappa shape index (κ3) is 3.82. The zero-order chi connectivity index (χ0) is 22.1. The topological polar surface area (TPSA) is 96.3 Å². The number of para-hydroxylation sites is 1. The second kappa shape index (κ2) is 8.78. The molecule has 8 heteroatoms. The maximum Gasteiger partial charge on any atom is 0.305 e. The fraction of sp³-hybridized carbons (Fsp3) is 0.636. The number of rotatable bonds is 8. The molecule has 2 N–H and O–H groups in total. The summed E-state index contributed by atoms with van der Waals surface area (Å²) in [6, 6.07) is 7.66. The first-order chi connectivity index (χ1) is 14.2. The Balaban J connectivity index is 1.92. The van der Waals surface area contributed by atoms with Crippen molar-refractivity contribution >= 4 is 25.9 Å². The molecular weight excluding hydrogens is 402 g/mol. The van der Waals surface area contributed by atoms with Crippen molar-refractivity contribution in [2.75, 3.05) is 25.2 Å². The Hall–Kier alpha value is -1.74. The molecule has 1 spiro atoms. The van der Waals surface area contributed by atoms with Crippen LogP contribution < -0.4 is 4.90 Å². The molecule has 4 atom stereocenters. The molecule has 166 valence electrons.